The van der Waals surface area contributed by atoms with Crippen LogP contribution in [0, 0.1) is 12.8 Å². The average molecular weight is 460 g/mol. The molecule has 1 aliphatic rings. The van der Waals surface area contributed by atoms with Crippen LogP contribution in [0.25, 0.3) is 20.8 Å². The summed E-state index contributed by atoms with van der Waals surface area (Å²) in [5, 5.41) is 35.1. The largest absolute Gasteiger partial charge is 0.494 e. The summed E-state index contributed by atoms with van der Waals surface area (Å²) in [4.78, 5) is 15.8. The Labute approximate surface area is 190 Å². The summed E-state index contributed by atoms with van der Waals surface area (Å²) in [6, 6.07) is 5.76. The predicted molar refractivity (Wildman–Crippen MR) is 125 cm³/mol. The van der Waals surface area contributed by atoms with Gasteiger partial charge in [0.05, 0.1) is 28.1 Å². The summed E-state index contributed by atoms with van der Waals surface area (Å²) in [7, 11) is 3.68. The molecular weight excluding hydrogens is 430 g/mol. The van der Waals surface area contributed by atoms with Gasteiger partial charge in [0.1, 0.15) is 22.7 Å². The Kier molecular flexibility index (Phi) is 6.22. The molecule has 3 atom stereocenters. The van der Waals surface area contributed by atoms with Gasteiger partial charge in [-0.25, -0.2) is 9.97 Å². The zero-order valence-electron chi connectivity index (χ0n) is 18.7. The molecule has 10 heteroatoms. The van der Waals surface area contributed by atoms with Crippen LogP contribution in [0.1, 0.15) is 25.5 Å². The molecule has 2 aromatic heterocycles. The zero-order chi connectivity index (χ0) is 23.0. The van der Waals surface area contributed by atoms with Gasteiger partial charge in [-0.15, -0.1) is 11.3 Å². The monoisotopic (exact) mass is 459 g/mol. The molecule has 0 radical (unpaired) electrons. The number of nitrogens with zero attached hydrogens (tertiary/aromatic N) is 4. The second-order valence-corrected chi connectivity index (χ2v) is 9.31. The Balaban J connectivity index is 1.81. The lowest BCUT2D eigenvalue weighted by Gasteiger charge is -2.31. The number of nitrogens with one attached hydrogen (secondary N) is 1. The maximum atomic E-state index is 11.2. The summed E-state index contributed by atoms with van der Waals surface area (Å²) >= 11 is 1.49. The Morgan fingerprint density at radius 3 is 2.72 bits per heavy atom. The lowest BCUT2D eigenvalue weighted by Crippen LogP contribution is -2.48. The van der Waals surface area contributed by atoms with Crippen LogP contribution >= 0.6 is 11.3 Å². The number of aliphatic hydroxyl groups is 3. The van der Waals surface area contributed by atoms with Crippen molar-refractivity contribution in [2.24, 2.45) is 5.92 Å². The second kappa shape index (κ2) is 8.78. The van der Waals surface area contributed by atoms with Crippen molar-refractivity contribution in [3.63, 3.8) is 0 Å². The van der Waals surface area contributed by atoms with E-state index in [9.17, 15) is 15.3 Å². The number of hydrogen-bond donors (Lipinski definition) is 4. The van der Waals surface area contributed by atoms with Crippen molar-refractivity contribution in [1.29, 1.82) is 0 Å². The summed E-state index contributed by atoms with van der Waals surface area (Å²) in [5.41, 5.74) is 0.592. The minimum Gasteiger partial charge on any atom is -0.494 e. The fourth-order valence-corrected chi connectivity index (χ4v) is 5.10. The Morgan fingerprint density at radius 1 is 1.28 bits per heavy atom. The minimum atomic E-state index is -1.61. The molecule has 4 N–H and O–H groups in total. The number of anilines is 2. The first-order chi connectivity index (χ1) is 15.3. The van der Waals surface area contributed by atoms with Crippen molar-refractivity contribution in [1.82, 2.24) is 15.0 Å². The molecule has 0 saturated heterocycles. The van der Waals surface area contributed by atoms with E-state index in [1.54, 1.807) is 4.90 Å². The number of rotatable bonds is 7. The van der Waals surface area contributed by atoms with Crippen molar-refractivity contribution in [3.8, 4) is 16.3 Å². The molecule has 0 amide bonds. The first kappa shape index (κ1) is 22.7. The van der Waals surface area contributed by atoms with E-state index in [1.807, 2.05) is 46.1 Å². The lowest BCUT2D eigenvalue weighted by molar-refractivity contribution is -0.0545. The summed E-state index contributed by atoms with van der Waals surface area (Å²) in [5.74, 6) is 1.25. The van der Waals surface area contributed by atoms with E-state index in [-0.39, 0.29) is 13.0 Å². The first-order valence-corrected chi connectivity index (χ1v) is 11.5. The Bertz CT molecular complexity index is 1120. The van der Waals surface area contributed by atoms with E-state index in [4.69, 9.17) is 9.72 Å². The van der Waals surface area contributed by atoms with E-state index in [0.29, 0.717) is 41.1 Å². The molecule has 1 aromatic carbocycles. The van der Waals surface area contributed by atoms with E-state index in [1.165, 1.54) is 11.3 Å². The number of thiazole rings is 1. The molecule has 0 spiro atoms. The second-order valence-electron chi connectivity index (χ2n) is 8.28. The zero-order valence-corrected chi connectivity index (χ0v) is 19.5. The highest BCUT2D eigenvalue weighted by Gasteiger charge is 2.47. The van der Waals surface area contributed by atoms with Gasteiger partial charge in [0.25, 0.3) is 0 Å². The molecule has 1 fully saturated rings. The molecule has 3 aromatic rings. The molecule has 172 valence electrons. The maximum Gasteiger partial charge on any atom is 0.227 e. The molecule has 4 rings (SSSR count). The molecule has 0 bridgehead atoms. The van der Waals surface area contributed by atoms with E-state index >= 15 is 0 Å². The Hall–Kier alpha value is -2.53. The van der Waals surface area contributed by atoms with Crippen LogP contribution in [0.3, 0.4) is 0 Å². The quantitative estimate of drug-likeness (QED) is 0.394. The van der Waals surface area contributed by atoms with Gasteiger partial charge in [-0.2, -0.15) is 4.98 Å². The lowest BCUT2D eigenvalue weighted by atomic mass is 10.0. The number of hydrogen-bond acceptors (Lipinski definition) is 10. The molecule has 32 heavy (non-hydrogen) atoms. The number of fused-ring (bicyclic) bond motifs is 1. The summed E-state index contributed by atoms with van der Waals surface area (Å²) in [6.45, 7) is 4.21. The van der Waals surface area contributed by atoms with Crippen LogP contribution in [0.15, 0.2) is 18.2 Å². The smallest absolute Gasteiger partial charge is 0.227 e. The molecule has 9 nitrogen and oxygen atoms in total. The fraction of sp³-hybridized carbons (Fsp3) is 0.500. The van der Waals surface area contributed by atoms with Crippen molar-refractivity contribution in [2.45, 2.75) is 38.5 Å². The van der Waals surface area contributed by atoms with Gasteiger partial charge in [0.2, 0.25) is 5.95 Å². The summed E-state index contributed by atoms with van der Waals surface area (Å²) < 4.78 is 6.57. The average Bonchev–Trinajstić information content (AvgIpc) is 3.28. The third kappa shape index (κ3) is 4.11. The van der Waals surface area contributed by atoms with Crippen LogP contribution in [0.4, 0.5) is 11.8 Å². The maximum absolute atomic E-state index is 11.2. The van der Waals surface area contributed by atoms with Crippen LogP contribution < -0.4 is 15.0 Å². The summed E-state index contributed by atoms with van der Waals surface area (Å²) in [6.07, 6.45) is -0.332. The van der Waals surface area contributed by atoms with Crippen molar-refractivity contribution >= 4 is 33.3 Å². The number of aryl methyl sites for hydroxylation is 1. The molecule has 1 saturated carbocycles. The molecule has 3 unspecified atom stereocenters. The molecule has 1 aliphatic carbocycles. The van der Waals surface area contributed by atoms with E-state index < -0.39 is 17.7 Å². The first-order valence-electron chi connectivity index (χ1n) is 10.6. The van der Waals surface area contributed by atoms with Gasteiger partial charge in [0.15, 0.2) is 5.72 Å². The van der Waals surface area contributed by atoms with Gasteiger partial charge < -0.3 is 30.3 Å². The van der Waals surface area contributed by atoms with Crippen molar-refractivity contribution in [3.05, 3.63) is 23.9 Å². The van der Waals surface area contributed by atoms with Gasteiger partial charge >= 0.3 is 0 Å². The Morgan fingerprint density at radius 2 is 2.06 bits per heavy atom. The van der Waals surface area contributed by atoms with Crippen molar-refractivity contribution in [2.75, 3.05) is 37.5 Å². The highest BCUT2D eigenvalue weighted by molar-refractivity contribution is 7.21. The molecule has 2 heterocycles. The van der Waals surface area contributed by atoms with E-state index in [0.717, 1.165) is 16.0 Å². The standard InChI is InChI=1S/C22H29N5O4S/c1-5-31-14-6-7-15-16(10-14)32-20(24-15)17-12(2)23-21(27(3)4)25-19(17)26-22(30)9-8-13(11-28)18(22)29/h6-7,10,13,18,28-30H,5,8-9,11H2,1-4H3,(H,23,25,26). The minimum absolute atomic E-state index is 0.191. The number of aromatic nitrogens is 3. The van der Waals surface area contributed by atoms with Gasteiger partial charge in [-0.1, -0.05) is 0 Å². The van der Waals surface area contributed by atoms with Crippen LogP contribution in [0.5, 0.6) is 5.75 Å². The SMILES string of the molecule is CCOc1ccc2nc(-c3c(C)nc(N(C)C)nc3NC3(O)CCC(CO)C3O)sc2c1. The molecule has 0 aliphatic heterocycles. The van der Waals surface area contributed by atoms with Gasteiger partial charge in [-0.3, -0.25) is 0 Å². The molecular formula is C22H29N5O4S. The van der Waals surface area contributed by atoms with Gasteiger partial charge in [-0.05, 0) is 44.9 Å². The predicted octanol–water partition coefficient (Wildman–Crippen LogP) is 2.39. The topological polar surface area (TPSA) is 124 Å². The van der Waals surface area contributed by atoms with Crippen molar-refractivity contribution < 1.29 is 20.1 Å². The normalized spacial score (nSPS) is 23.0. The number of aliphatic hydroxyl groups excluding tert-OH is 2. The van der Waals surface area contributed by atoms with Crippen LogP contribution in [-0.4, -0.2) is 69.4 Å². The van der Waals surface area contributed by atoms with E-state index in [2.05, 4.69) is 15.3 Å². The number of ether oxygens (including phenoxy) is 1. The number of benzene rings is 1. The highest BCUT2D eigenvalue weighted by Crippen LogP contribution is 2.41. The van der Waals surface area contributed by atoms with Gasteiger partial charge in [0, 0.05) is 26.6 Å². The third-order valence-corrected chi connectivity index (χ3v) is 6.80. The highest BCUT2D eigenvalue weighted by atomic mass is 32.1. The van der Waals surface area contributed by atoms with Crippen LogP contribution in [-0.2, 0) is 0 Å². The third-order valence-electron chi connectivity index (χ3n) is 5.76. The van der Waals surface area contributed by atoms with Crippen LogP contribution in [0.2, 0.25) is 0 Å². The fourth-order valence-electron chi connectivity index (χ4n) is 4.01.